The molecule has 1 heterocycles. The molecular formula is C14H19BrClNS. The predicted octanol–water partition coefficient (Wildman–Crippen LogP) is 4.91. The highest BCUT2D eigenvalue weighted by Gasteiger charge is 2.18. The lowest BCUT2D eigenvalue weighted by molar-refractivity contribution is 0.745. The van der Waals surface area contributed by atoms with Crippen LogP contribution in [-0.2, 0) is 5.88 Å². The fraction of sp³-hybridized carbons (Fsp3) is 0.571. The van der Waals surface area contributed by atoms with Crippen molar-refractivity contribution in [2.24, 2.45) is 0 Å². The molecule has 18 heavy (non-hydrogen) atoms. The van der Waals surface area contributed by atoms with Gasteiger partial charge in [-0.1, -0.05) is 22.0 Å². The zero-order chi connectivity index (χ0) is 13.0. The van der Waals surface area contributed by atoms with Gasteiger partial charge in [0.1, 0.15) is 0 Å². The topological polar surface area (TPSA) is 3.24 Å². The minimum absolute atomic E-state index is 0.588. The SMILES string of the molecule is CSC1CCCN(c2cc(Br)ccc2CCl)CC1. The molecule has 1 fully saturated rings. The molecule has 0 saturated carbocycles. The van der Waals surface area contributed by atoms with Gasteiger partial charge in [-0.3, -0.25) is 0 Å². The van der Waals surface area contributed by atoms with Crippen LogP contribution in [0.2, 0.25) is 0 Å². The fourth-order valence-corrected chi connectivity index (χ4v) is 3.81. The Kier molecular flexibility index (Phi) is 5.71. The van der Waals surface area contributed by atoms with E-state index in [4.69, 9.17) is 11.6 Å². The van der Waals surface area contributed by atoms with Crippen LogP contribution >= 0.6 is 39.3 Å². The summed E-state index contributed by atoms with van der Waals surface area (Å²) in [4.78, 5) is 2.50. The lowest BCUT2D eigenvalue weighted by atomic mass is 10.1. The summed E-state index contributed by atoms with van der Waals surface area (Å²) in [5.41, 5.74) is 2.54. The normalized spacial score (nSPS) is 20.8. The van der Waals surface area contributed by atoms with Gasteiger partial charge in [0.05, 0.1) is 0 Å². The molecule has 0 aromatic heterocycles. The van der Waals surface area contributed by atoms with Crippen LogP contribution in [-0.4, -0.2) is 24.6 Å². The van der Waals surface area contributed by atoms with Crippen LogP contribution in [0.4, 0.5) is 5.69 Å². The highest BCUT2D eigenvalue weighted by molar-refractivity contribution is 9.10. The average Bonchev–Trinajstić information content (AvgIpc) is 2.63. The maximum absolute atomic E-state index is 6.05. The van der Waals surface area contributed by atoms with Crippen molar-refractivity contribution in [3.8, 4) is 0 Å². The molecule has 100 valence electrons. The molecule has 1 aliphatic heterocycles. The number of alkyl halides is 1. The predicted molar refractivity (Wildman–Crippen MR) is 87.1 cm³/mol. The van der Waals surface area contributed by atoms with Crippen molar-refractivity contribution in [2.75, 3.05) is 24.2 Å². The second kappa shape index (κ2) is 7.06. The summed E-state index contributed by atoms with van der Waals surface area (Å²) in [6.45, 7) is 2.29. The molecule has 0 spiro atoms. The van der Waals surface area contributed by atoms with Crippen molar-refractivity contribution in [3.05, 3.63) is 28.2 Å². The number of anilines is 1. The maximum Gasteiger partial charge on any atom is 0.0494 e. The zero-order valence-corrected chi connectivity index (χ0v) is 13.8. The van der Waals surface area contributed by atoms with Gasteiger partial charge in [0, 0.05) is 34.4 Å². The fourth-order valence-electron chi connectivity index (χ4n) is 2.49. The van der Waals surface area contributed by atoms with E-state index in [1.54, 1.807) is 0 Å². The van der Waals surface area contributed by atoms with Crippen LogP contribution in [0.25, 0.3) is 0 Å². The van der Waals surface area contributed by atoms with Crippen LogP contribution < -0.4 is 4.90 Å². The van der Waals surface area contributed by atoms with E-state index >= 15 is 0 Å². The lowest BCUT2D eigenvalue weighted by Gasteiger charge is -2.25. The Morgan fingerprint density at radius 3 is 2.94 bits per heavy atom. The minimum Gasteiger partial charge on any atom is -0.371 e. The van der Waals surface area contributed by atoms with Crippen molar-refractivity contribution in [2.45, 2.75) is 30.4 Å². The Morgan fingerprint density at radius 2 is 2.22 bits per heavy atom. The number of halogens is 2. The van der Waals surface area contributed by atoms with Gasteiger partial charge in [0.25, 0.3) is 0 Å². The molecule has 1 unspecified atom stereocenters. The van der Waals surface area contributed by atoms with Gasteiger partial charge in [0.15, 0.2) is 0 Å². The molecule has 1 atom stereocenters. The summed E-state index contributed by atoms with van der Waals surface area (Å²) in [7, 11) is 0. The smallest absolute Gasteiger partial charge is 0.0494 e. The first-order valence-electron chi connectivity index (χ1n) is 6.36. The van der Waals surface area contributed by atoms with Gasteiger partial charge in [-0.05, 0) is 43.2 Å². The number of benzene rings is 1. The third-order valence-corrected chi connectivity index (χ3v) is 5.46. The molecule has 2 rings (SSSR count). The molecule has 1 aliphatic rings. The second-order valence-corrected chi connectivity index (χ2v) is 7.00. The Balaban J connectivity index is 2.17. The van der Waals surface area contributed by atoms with E-state index in [1.807, 2.05) is 11.8 Å². The van der Waals surface area contributed by atoms with Gasteiger partial charge in [0.2, 0.25) is 0 Å². The van der Waals surface area contributed by atoms with Crippen molar-refractivity contribution in [3.63, 3.8) is 0 Å². The molecule has 0 N–H and O–H groups in total. The maximum atomic E-state index is 6.05. The molecule has 1 nitrogen and oxygen atoms in total. The summed E-state index contributed by atoms with van der Waals surface area (Å²) >= 11 is 11.6. The largest absolute Gasteiger partial charge is 0.371 e. The van der Waals surface area contributed by atoms with E-state index < -0.39 is 0 Å². The van der Waals surface area contributed by atoms with Crippen LogP contribution in [0.1, 0.15) is 24.8 Å². The molecule has 0 radical (unpaired) electrons. The first kappa shape index (κ1) is 14.5. The van der Waals surface area contributed by atoms with E-state index in [-0.39, 0.29) is 0 Å². The van der Waals surface area contributed by atoms with Crippen LogP contribution in [0.3, 0.4) is 0 Å². The Labute approximate surface area is 127 Å². The van der Waals surface area contributed by atoms with E-state index in [9.17, 15) is 0 Å². The monoisotopic (exact) mass is 347 g/mol. The molecule has 0 bridgehead atoms. The van der Waals surface area contributed by atoms with Crippen LogP contribution in [0.5, 0.6) is 0 Å². The summed E-state index contributed by atoms with van der Waals surface area (Å²) < 4.78 is 1.14. The van der Waals surface area contributed by atoms with Crippen LogP contribution in [0.15, 0.2) is 22.7 Å². The van der Waals surface area contributed by atoms with Crippen LogP contribution in [0, 0.1) is 0 Å². The van der Waals surface area contributed by atoms with Crippen molar-refractivity contribution >= 4 is 45.0 Å². The first-order valence-corrected chi connectivity index (χ1v) is 8.98. The van der Waals surface area contributed by atoms with E-state index in [0.717, 1.165) is 22.8 Å². The number of thioether (sulfide) groups is 1. The van der Waals surface area contributed by atoms with Gasteiger partial charge >= 0.3 is 0 Å². The summed E-state index contributed by atoms with van der Waals surface area (Å²) in [5.74, 6) is 0.588. The molecule has 0 amide bonds. The van der Waals surface area contributed by atoms with Gasteiger partial charge in [-0.25, -0.2) is 0 Å². The van der Waals surface area contributed by atoms with Gasteiger partial charge < -0.3 is 4.90 Å². The molecule has 1 aromatic carbocycles. The van der Waals surface area contributed by atoms with E-state index in [0.29, 0.717) is 5.88 Å². The van der Waals surface area contributed by atoms with Crippen molar-refractivity contribution in [1.29, 1.82) is 0 Å². The Morgan fingerprint density at radius 1 is 1.39 bits per heavy atom. The molecule has 1 aromatic rings. The van der Waals surface area contributed by atoms with E-state index in [1.165, 1.54) is 30.5 Å². The average molecular weight is 349 g/mol. The standard InChI is InChI=1S/C14H19BrClNS/c1-18-13-3-2-7-17(8-6-13)14-9-12(15)5-4-11(14)10-16/h4-5,9,13H,2-3,6-8,10H2,1H3. The summed E-state index contributed by atoms with van der Waals surface area (Å²) in [6, 6.07) is 6.41. The highest BCUT2D eigenvalue weighted by Crippen LogP contribution is 2.30. The highest BCUT2D eigenvalue weighted by atomic mass is 79.9. The summed E-state index contributed by atoms with van der Waals surface area (Å²) in [6.07, 6.45) is 6.11. The number of rotatable bonds is 3. The molecular weight excluding hydrogens is 330 g/mol. The van der Waals surface area contributed by atoms with Gasteiger partial charge in [-0.2, -0.15) is 11.8 Å². The first-order chi connectivity index (χ1) is 8.74. The Bertz CT molecular complexity index is 399. The van der Waals surface area contributed by atoms with Crippen molar-refractivity contribution < 1.29 is 0 Å². The Hall–Kier alpha value is 0.140. The third-order valence-electron chi connectivity index (χ3n) is 3.54. The molecule has 0 aliphatic carbocycles. The molecule has 4 heteroatoms. The van der Waals surface area contributed by atoms with E-state index in [2.05, 4.69) is 45.3 Å². The third kappa shape index (κ3) is 3.58. The second-order valence-electron chi connectivity index (χ2n) is 4.68. The zero-order valence-electron chi connectivity index (χ0n) is 10.7. The van der Waals surface area contributed by atoms with Gasteiger partial charge in [-0.15, -0.1) is 11.6 Å². The molecule has 1 saturated heterocycles. The lowest BCUT2D eigenvalue weighted by Crippen LogP contribution is -2.25. The minimum atomic E-state index is 0.588. The number of hydrogen-bond acceptors (Lipinski definition) is 2. The number of nitrogens with zero attached hydrogens (tertiary/aromatic N) is 1. The quantitative estimate of drug-likeness (QED) is 0.714. The summed E-state index contributed by atoms with van der Waals surface area (Å²) in [5, 5.41) is 0.821. The van der Waals surface area contributed by atoms with Crippen molar-refractivity contribution in [1.82, 2.24) is 0 Å². The number of hydrogen-bond donors (Lipinski definition) is 0.